The first-order chi connectivity index (χ1) is 11.3. The topological polar surface area (TPSA) is 72.7 Å². The maximum Gasteiger partial charge on any atom is 0.232 e. The highest BCUT2D eigenvalue weighted by Gasteiger charge is 2.28. The van der Waals surface area contributed by atoms with E-state index >= 15 is 0 Å². The van der Waals surface area contributed by atoms with E-state index in [0.717, 1.165) is 17.0 Å². The molecule has 3 aromatic rings. The zero-order valence-electron chi connectivity index (χ0n) is 12.4. The van der Waals surface area contributed by atoms with Crippen LogP contribution in [0.2, 0.25) is 0 Å². The third-order valence-corrected chi connectivity index (χ3v) is 4.01. The van der Waals surface area contributed by atoms with Gasteiger partial charge in [-0.1, -0.05) is 30.3 Å². The van der Waals surface area contributed by atoms with Crippen LogP contribution >= 0.6 is 0 Å². The van der Waals surface area contributed by atoms with E-state index in [1.807, 2.05) is 41.1 Å². The highest BCUT2D eigenvalue weighted by Crippen LogP contribution is 2.21. The van der Waals surface area contributed by atoms with Crippen LogP contribution in [0.25, 0.3) is 11.1 Å². The number of rotatable bonds is 3. The van der Waals surface area contributed by atoms with Crippen molar-refractivity contribution in [2.75, 3.05) is 5.32 Å². The lowest BCUT2D eigenvalue weighted by Gasteiger charge is -2.09. The van der Waals surface area contributed by atoms with Gasteiger partial charge in [-0.25, -0.2) is 15.0 Å². The SMILES string of the molecule is O=C(Nc1ncc(-c2ccccc2)cn1)C1Cc2nccn2C1. The molecule has 1 unspecified atom stereocenters. The number of nitrogens with one attached hydrogen (secondary N) is 1. The van der Waals surface area contributed by atoms with Crippen molar-refractivity contribution in [1.82, 2.24) is 19.5 Å². The summed E-state index contributed by atoms with van der Waals surface area (Å²) >= 11 is 0. The first-order valence-electron chi connectivity index (χ1n) is 7.48. The summed E-state index contributed by atoms with van der Waals surface area (Å²) in [5, 5.41) is 2.78. The van der Waals surface area contributed by atoms with Gasteiger partial charge in [-0.05, 0) is 5.56 Å². The molecule has 4 rings (SSSR count). The molecule has 0 spiro atoms. The molecular weight excluding hydrogens is 290 g/mol. The number of hydrogen-bond acceptors (Lipinski definition) is 4. The van der Waals surface area contributed by atoms with Gasteiger partial charge in [0, 0.05) is 43.3 Å². The molecule has 0 saturated heterocycles. The number of hydrogen-bond donors (Lipinski definition) is 1. The maximum atomic E-state index is 12.3. The number of nitrogens with zero attached hydrogens (tertiary/aromatic N) is 4. The van der Waals surface area contributed by atoms with E-state index in [4.69, 9.17) is 0 Å². The first kappa shape index (κ1) is 13.6. The van der Waals surface area contributed by atoms with Crippen molar-refractivity contribution in [1.29, 1.82) is 0 Å². The second-order valence-corrected chi connectivity index (χ2v) is 5.55. The minimum absolute atomic E-state index is 0.0667. The summed E-state index contributed by atoms with van der Waals surface area (Å²) in [6.07, 6.45) is 7.75. The minimum atomic E-state index is -0.115. The van der Waals surface area contributed by atoms with Gasteiger partial charge in [0.05, 0.1) is 5.92 Å². The lowest BCUT2D eigenvalue weighted by molar-refractivity contribution is -0.119. The number of imidazole rings is 1. The van der Waals surface area contributed by atoms with Gasteiger partial charge >= 0.3 is 0 Å². The molecule has 0 saturated carbocycles. The van der Waals surface area contributed by atoms with Gasteiger partial charge in [0.1, 0.15) is 5.82 Å². The minimum Gasteiger partial charge on any atom is -0.334 e. The van der Waals surface area contributed by atoms with Crippen LogP contribution in [0.3, 0.4) is 0 Å². The third-order valence-electron chi connectivity index (χ3n) is 4.01. The van der Waals surface area contributed by atoms with Crippen LogP contribution in [0.4, 0.5) is 5.95 Å². The summed E-state index contributed by atoms with van der Waals surface area (Å²) in [6.45, 7) is 0.656. The van der Waals surface area contributed by atoms with Crippen LogP contribution in [0.1, 0.15) is 5.82 Å². The zero-order chi connectivity index (χ0) is 15.6. The summed E-state index contributed by atoms with van der Waals surface area (Å²) in [5.74, 6) is 1.10. The molecule has 0 aliphatic carbocycles. The van der Waals surface area contributed by atoms with Gasteiger partial charge in [-0.3, -0.25) is 10.1 Å². The smallest absolute Gasteiger partial charge is 0.232 e. The summed E-state index contributed by atoms with van der Waals surface area (Å²) in [4.78, 5) is 25.0. The van der Waals surface area contributed by atoms with Crippen LogP contribution in [0.15, 0.2) is 55.1 Å². The number of fused-ring (bicyclic) bond motifs is 1. The van der Waals surface area contributed by atoms with Crippen LogP contribution in [-0.2, 0) is 17.8 Å². The lowest BCUT2D eigenvalue weighted by atomic mass is 10.1. The molecule has 3 heterocycles. The predicted molar refractivity (Wildman–Crippen MR) is 85.5 cm³/mol. The Labute approximate surface area is 133 Å². The van der Waals surface area contributed by atoms with Crippen molar-refractivity contribution in [2.45, 2.75) is 13.0 Å². The molecule has 0 fully saturated rings. The Bertz CT molecular complexity index is 805. The quantitative estimate of drug-likeness (QED) is 0.804. The molecular formula is C17H15N5O. The fourth-order valence-electron chi connectivity index (χ4n) is 2.78. The van der Waals surface area contributed by atoms with Crippen molar-refractivity contribution in [3.8, 4) is 11.1 Å². The second-order valence-electron chi connectivity index (χ2n) is 5.55. The largest absolute Gasteiger partial charge is 0.334 e. The molecule has 6 nitrogen and oxygen atoms in total. The molecule has 1 aromatic carbocycles. The fourth-order valence-corrected chi connectivity index (χ4v) is 2.78. The molecule has 6 heteroatoms. The summed E-state index contributed by atoms with van der Waals surface area (Å²) in [5.41, 5.74) is 1.97. The number of aromatic nitrogens is 4. The number of carbonyl (C=O) groups is 1. The van der Waals surface area contributed by atoms with Crippen molar-refractivity contribution in [3.05, 3.63) is 60.9 Å². The van der Waals surface area contributed by atoms with E-state index in [0.29, 0.717) is 18.9 Å². The monoisotopic (exact) mass is 305 g/mol. The Hall–Kier alpha value is -3.02. The van der Waals surface area contributed by atoms with Crippen LogP contribution in [-0.4, -0.2) is 25.4 Å². The van der Waals surface area contributed by atoms with E-state index in [1.165, 1.54) is 0 Å². The number of amides is 1. The van der Waals surface area contributed by atoms with Crippen LogP contribution in [0.5, 0.6) is 0 Å². The highest BCUT2D eigenvalue weighted by atomic mass is 16.2. The normalized spacial score (nSPS) is 16.1. The number of benzene rings is 1. The molecule has 1 N–H and O–H groups in total. The fraction of sp³-hybridized carbons (Fsp3) is 0.176. The van der Waals surface area contributed by atoms with Crippen LogP contribution in [0, 0.1) is 5.92 Å². The Kier molecular flexibility index (Phi) is 3.34. The molecule has 1 amide bonds. The average Bonchev–Trinajstić information content (AvgIpc) is 3.18. The molecule has 114 valence electrons. The standard InChI is InChI=1S/C17H15N5O/c23-16(13-8-15-18-6-7-22(15)11-13)21-17-19-9-14(10-20-17)12-4-2-1-3-5-12/h1-7,9-10,13H,8,11H2,(H,19,20,21,23). The molecule has 1 aliphatic heterocycles. The van der Waals surface area contributed by atoms with Gasteiger partial charge in [0.2, 0.25) is 11.9 Å². The van der Waals surface area contributed by atoms with E-state index in [9.17, 15) is 4.79 Å². The van der Waals surface area contributed by atoms with Crippen molar-refractivity contribution in [2.24, 2.45) is 5.92 Å². The number of anilines is 1. The molecule has 0 radical (unpaired) electrons. The van der Waals surface area contributed by atoms with Gasteiger partial charge in [0.15, 0.2) is 0 Å². The Morgan fingerprint density at radius 2 is 1.87 bits per heavy atom. The first-order valence-corrected chi connectivity index (χ1v) is 7.48. The van der Waals surface area contributed by atoms with Gasteiger partial charge in [-0.2, -0.15) is 0 Å². The molecule has 1 atom stereocenters. The van der Waals surface area contributed by atoms with E-state index < -0.39 is 0 Å². The summed E-state index contributed by atoms with van der Waals surface area (Å²) < 4.78 is 2.00. The highest BCUT2D eigenvalue weighted by molar-refractivity contribution is 5.91. The molecule has 1 aliphatic rings. The lowest BCUT2D eigenvalue weighted by Crippen LogP contribution is -2.25. The Balaban J connectivity index is 1.43. The van der Waals surface area contributed by atoms with E-state index in [2.05, 4.69) is 20.3 Å². The van der Waals surface area contributed by atoms with E-state index in [-0.39, 0.29) is 11.8 Å². The third kappa shape index (κ3) is 2.70. The molecule has 0 bridgehead atoms. The van der Waals surface area contributed by atoms with Gasteiger partial charge in [-0.15, -0.1) is 0 Å². The zero-order valence-corrected chi connectivity index (χ0v) is 12.4. The second kappa shape index (κ2) is 5.64. The summed E-state index contributed by atoms with van der Waals surface area (Å²) in [6, 6.07) is 9.89. The van der Waals surface area contributed by atoms with E-state index in [1.54, 1.807) is 18.6 Å². The van der Waals surface area contributed by atoms with Gasteiger partial charge < -0.3 is 4.57 Å². The Morgan fingerprint density at radius 1 is 1.09 bits per heavy atom. The van der Waals surface area contributed by atoms with Crippen molar-refractivity contribution in [3.63, 3.8) is 0 Å². The van der Waals surface area contributed by atoms with Crippen molar-refractivity contribution >= 4 is 11.9 Å². The van der Waals surface area contributed by atoms with Gasteiger partial charge in [0.25, 0.3) is 0 Å². The average molecular weight is 305 g/mol. The number of carbonyl (C=O) groups excluding carboxylic acids is 1. The van der Waals surface area contributed by atoms with Crippen molar-refractivity contribution < 1.29 is 4.79 Å². The summed E-state index contributed by atoms with van der Waals surface area (Å²) in [7, 11) is 0. The maximum absolute atomic E-state index is 12.3. The molecule has 23 heavy (non-hydrogen) atoms. The Morgan fingerprint density at radius 3 is 2.61 bits per heavy atom. The molecule has 2 aromatic heterocycles. The van der Waals surface area contributed by atoms with Crippen LogP contribution < -0.4 is 5.32 Å². The predicted octanol–water partition coefficient (Wildman–Crippen LogP) is 2.15.